The highest BCUT2D eigenvalue weighted by molar-refractivity contribution is 5.82. The number of hydrogen-bond acceptors (Lipinski definition) is 5. The number of carbonyl (C=O) groups is 1. The molecule has 2 heterocycles. The monoisotopic (exact) mass is 305 g/mol. The minimum Gasteiger partial charge on any atom is -0.454 e. The zero-order chi connectivity index (χ0) is 15.7. The lowest BCUT2D eigenvalue weighted by Gasteiger charge is -2.21. The Morgan fingerprint density at radius 3 is 2.82 bits per heavy atom. The smallest absolute Gasteiger partial charge is 0.241 e. The van der Waals surface area contributed by atoms with E-state index in [2.05, 4.69) is 24.7 Å². The van der Waals surface area contributed by atoms with E-state index in [1.54, 1.807) is 4.90 Å². The van der Waals surface area contributed by atoms with Crippen LogP contribution in [0.4, 0.5) is 0 Å². The second-order valence-electron chi connectivity index (χ2n) is 6.31. The summed E-state index contributed by atoms with van der Waals surface area (Å²) in [5.41, 5.74) is 7.35. The largest absolute Gasteiger partial charge is 0.454 e. The van der Waals surface area contributed by atoms with E-state index in [1.165, 1.54) is 0 Å². The summed E-state index contributed by atoms with van der Waals surface area (Å²) in [6.45, 7) is 5.13. The zero-order valence-corrected chi connectivity index (χ0v) is 13.3. The van der Waals surface area contributed by atoms with Gasteiger partial charge >= 0.3 is 0 Å². The molecular formula is C16H23N3O3. The Kier molecular flexibility index (Phi) is 4.22. The third-order valence-electron chi connectivity index (χ3n) is 4.27. The first-order valence-corrected chi connectivity index (χ1v) is 7.69. The molecule has 0 aromatic heterocycles. The molecule has 0 aliphatic carbocycles. The predicted molar refractivity (Wildman–Crippen MR) is 82.3 cm³/mol. The van der Waals surface area contributed by atoms with E-state index in [1.807, 2.05) is 25.2 Å². The number of likely N-dealkylation sites (N-methyl/N-ethyl adjacent to an activating group) is 1. The average molecular weight is 305 g/mol. The van der Waals surface area contributed by atoms with Gasteiger partial charge in [-0.2, -0.15) is 0 Å². The van der Waals surface area contributed by atoms with Crippen LogP contribution < -0.4 is 20.3 Å². The van der Waals surface area contributed by atoms with Crippen LogP contribution in [0, 0.1) is 5.92 Å². The molecule has 1 aromatic rings. The molecule has 1 saturated heterocycles. The number of benzene rings is 1. The maximum Gasteiger partial charge on any atom is 0.241 e. The number of carbonyl (C=O) groups excluding carboxylic acids is 1. The number of amides is 1. The lowest BCUT2D eigenvalue weighted by atomic mass is 9.99. The van der Waals surface area contributed by atoms with Gasteiger partial charge in [0, 0.05) is 19.6 Å². The van der Waals surface area contributed by atoms with E-state index in [4.69, 9.17) is 9.47 Å². The van der Waals surface area contributed by atoms with Gasteiger partial charge in [-0.05, 0) is 30.0 Å². The second-order valence-corrected chi connectivity index (χ2v) is 6.31. The van der Waals surface area contributed by atoms with Gasteiger partial charge in [0.1, 0.15) is 6.04 Å². The Hall–Kier alpha value is -1.79. The van der Waals surface area contributed by atoms with Crippen molar-refractivity contribution in [2.75, 3.05) is 13.8 Å². The van der Waals surface area contributed by atoms with Crippen LogP contribution in [0.15, 0.2) is 18.2 Å². The molecule has 120 valence electrons. The molecule has 6 heteroatoms. The Morgan fingerprint density at radius 2 is 2.09 bits per heavy atom. The summed E-state index contributed by atoms with van der Waals surface area (Å²) in [5, 5.41) is 0. The highest BCUT2D eigenvalue weighted by Crippen LogP contribution is 2.32. The van der Waals surface area contributed by atoms with Crippen LogP contribution in [-0.4, -0.2) is 36.7 Å². The van der Waals surface area contributed by atoms with E-state index in [0.717, 1.165) is 23.5 Å². The molecule has 1 amide bonds. The van der Waals surface area contributed by atoms with Crippen molar-refractivity contribution in [2.45, 2.75) is 38.9 Å². The highest BCUT2D eigenvalue weighted by atomic mass is 16.7. The first-order valence-electron chi connectivity index (χ1n) is 7.69. The van der Waals surface area contributed by atoms with Gasteiger partial charge in [-0.3, -0.25) is 10.2 Å². The molecule has 1 aromatic carbocycles. The molecule has 0 spiro atoms. The summed E-state index contributed by atoms with van der Waals surface area (Å²) in [4.78, 5) is 14.3. The summed E-state index contributed by atoms with van der Waals surface area (Å²) in [6.07, 6.45) is 0.821. The predicted octanol–water partition coefficient (Wildman–Crippen LogP) is 1.26. The Balaban J connectivity index is 1.60. The summed E-state index contributed by atoms with van der Waals surface area (Å²) in [7, 11) is 1.83. The summed E-state index contributed by atoms with van der Waals surface area (Å²) >= 11 is 0. The van der Waals surface area contributed by atoms with E-state index in [-0.39, 0.29) is 18.7 Å². The molecule has 22 heavy (non-hydrogen) atoms. The van der Waals surface area contributed by atoms with Crippen LogP contribution in [0.5, 0.6) is 11.5 Å². The van der Waals surface area contributed by atoms with Crippen LogP contribution >= 0.6 is 0 Å². The molecule has 2 aliphatic heterocycles. The minimum absolute atomic E-state index is 0.105. The SMILES string of the molecule is CC(C)C1CC(C(=O)N(C)Cc2ccc3c(c2)OCO3)NN1. The van der Waals surface area contributed by atoms with Crippen molar-refractivity contribution >= 4 is 5.91 Å². The number of ether oxygens (including phenoxy) is 2. The van der Waals surface area contributed by atoms with Gasteiger partial charge in [-0.1, -0.05) is 19.9 Å². The Labute approximate surface area is 130 Å². The fourth-order valence-electron chi connectivity index (χ4n) is 2.84. The van der Waals surface area contributed by atoms with Gasteiger partial charge in [0.2, 0.25) is 12.7 Å². The molecule has 2 N–H and O–H groups in total. The standard InChI is InChI=1S/C16H23N3O3/c1-10(2)12-7-13(18-17-12)16(20)19(3)8-11-4-5-14-15(6-11)22-9-21-14/h4-6,10,12-13,17-18H,7-9H2,1-3H3. The third-order valence-corrected chi connectivity index (χ3v) is 4.27. The minimum atomic E-state index is -0.161. The molecule has 0 saturated carbocycles. The topological polar surface area (TPSA) is 62.8 Å². The van der Waals surface area contributed by atoms with Crippen LogP contribution in [0.1, 0.15) is 25.8 Å². The first kappa shape index (κ1) is 15.1. The Bertz CT molecular complexity index is 562. The first-order chi connectivity index (χ1) is 10.5. The van der Waals surface area contributed by atoms with E-state index >= 15 is 0 Å². The number of nitrogens with zero attached hydrogens (tertiary/aromatic N) is 1. The number of fused-ring (bicyclic) bond motifs is 1. The van der Waals surface area contributed by atoms with E-state index in [0.29, 0.717) is 18.5 Å². The molecule has 2 unspecified atom stereocenters. The summed E-state index contributed by atoms with van der Waals surface area (Å²) < 4.78 is 10.7. The lowest BCUT2D eigenvalue weighted by molar-refractivity contribution is -0.132. The summed E-state index contributed by atoms with van der Waals surface area (Å²) in [5.74, 6) is 2.12. The van der Waals surface area contributed by atoms with E-state index < -0.39 is 0 Å². The van der Waals surface area contributed by atoms with Gasteiger partial charge < -0.3 is 14.4 Å². The number of hydrogen-bond donors (Lipinski definition) is 2. The van der Waals surface area contributed by atoms with Crippen LogP contribution in [0.3, 0.4) is 0 Å². The summed E-state index contributed by atoms with van der Waals surface area (Å²) in [6, 6.07) is 5.97. The van der Waals surface area contributed by atoms with Crippen molar-refractivity contribution in [1.82, 2.24) is 15.8 Å². The Morgan fingerprint density at radius 1 is 1.32 bits per heavy atom. The van der Waals surface area contributed by atoms with Crippen molar-refractivity contribution in [3.63, 3.8) is 0 Å². The van der Waals surface area contributed by atoms with Crippen LogP contribution in [0.25, 0.3) is 0 Å². The molecule has 0 radical (unpaired) electrons. The normalized spacial score (nSPS) is 23.1. The fraction of sp³-hybridized carbons (Fsp3) is 0.562. The van der Waals surface area contributed by atoms with Crippen LogP contribution in [-0.2, 0) is 11.3 Å². The maximum atomic E-state index is 12.5. The second kappa shape index (κ2) is 6.14. The average Bonchev–Trinajstić information content (AvgIpc) is 3.15. The van der Waals surface area contributed by atoms with E-state index in [9.17, 15) is 4.79 Å². The quantitative estimate of drug-likeness (QED) is 0.877. The fourth-order valence-corrected chi connectivity index (χ4v) is 2.84. The van der Waals surface area contributed by atoms with Crippen molar-refractivity contribution in [3.8, 4) is 11.5 Å². The molecule has 3 rings (SSSR count). The van der Waals surface area contributed by atoms with Gasteiger partial charge in [0.15, 0.2) is 11.5 Å². The van der Waals surface area contributed by atoms with Gasteiger partial charge in [-0.25, -0.2) is 5.43 Å². The van der Waals surface area contributed by atoms with Gasteiger partial charge in [0.05, 0.1) is 0 Å². The van der Waals surface area contributed by atoms with Crippen molar-refractivity contribution in [1.29, 1.82) is 0 Å². The highest BCUT2D eigenvalue weighted by Gasteiger charge is 2.32. The van der Waals surface area contributed by atoms with Crippen molar-refractivity contribution in [2.24, 2.45) is 5.92 Å². The molecule has 2 atom stereocenters. The van der Waals surface area contributed by atoms with Crippen molar-refractivity contribution in [3.05, 3.63) is 23.8 Å². The number of rotatable bonds is 4. The zero-order valence-electron chi connectivity index (χ0n) is 13.3. The van der Waals surface area contributed by atoms with Crippen molar-refractivity contribution < 1.29 is 14.3 Å². The molecule has 1 fully saturated rings. The number of hydrazine groups is 1. The van der Waals surface area contributed by atoms with Gasteiger partial charge in [0.25, 0.3) is 0 Å². The molecular weight excluding hydrogens is 282 g/mol. The molecule has 0 bridgehead atoms. The lowest BCUT2D eigenvalue weighted by Crippen LogP contribution is -2.44. The molecule has 6 nitrogen and oxygen atoms in total. The molecule has 2 aliphatic rings. The third kappa shape index (κ3) is 3.03. The van der Waals surface area contributed by atoms with Crippen LogP contribution in [0.2, 0.25) is 0 Å². The van der Waals surface area contributed by atoms with Gasteiger partial charge in [-0.15, -0.1) is 0 Å². The maximum absolute atomic E-state index is 12.5. The number of nitrogens with one attached hydrogen (secondary N) is 2.